The standard InChI is InChI=1S/C20H27N3O2/c1-3-23(4-2)19-10-8-16(9-11-19)15-22-18-7-5-6-17(14-18)20(25)21-12-13-24/h5-11,14,22,24H,3-4,12-13,15H2,1-2H3,(H,21,25). The number of carbonyl (C=O) groups excluding carboxylic acids is 1. The quantitative estimate of drug-likeness (QED) is 0.656. The summed E-state index contributed by atoms with van der Waals surface area (Å²) in [4.78, 5) is 14.2. The van der Waals surface area contributed by atoms with Crippen molar-refractivity contribution in [2.24, 2.45) is 0 Å². The molecule has 0 aliphatic heterocycles. The van der Waals surface area contributed by atoms with Crippen molar-refractivity contribution < 1.29 is 9.90 Å². The second-order valence-electron chi connectivity index (χ2n) is 5.75. The van der Waals surface area contributed by atoms with Crippen LogP contribution in [0.1, 0.15) is 29.8 Å². The molecule has 2 aromatic rings. The lowest BCUT2D eigenvalue weighted by molar-refractivity contribution is 0.0945. The van der Waals surface area contributed by atoms with Crippen LogP contribution in [-0.4, -0.2) is 37.3 Å². The fourth-order valence-corrected chi connectivity index (χ4v) is 2.66. The van der Waals surface area contributed by atoms with Crippen molar-refractivity contribution in [3.63, 3.8) is 0 Å². The molecule has 2 rings (SSSR count). The van der Waals surface area contributed by atoms with Crippen LogP contribution >= 0.6 is 0 Å². The smallest absolute Gasteiger partial charge is 0.251 e. The number of rotatable bonds is 9. The van der Waals surface area contributed by atoms with Gasteiger partial charge in [0.05, 0.1) is 6.61 Å². The summed E-state index contributed by atoms with van der Waals surface area (Å²) in [6, 6.07) is 15.9. The number of benzene rings is 2. The molecule has 134 valence electrons. The van der Waals surface area contributed by atoms with E-state index in [1.807, 2.05) is 18.2 Å². The molecule has 0 bridgehead atoms. The van der Waals surface area contributed by atoms with E-state index in [1.54, 1.807) is 6.07 Å². The fourth-order valence-electron chi connectivity index (χ4n) is 2.66. The van der Waals surface area contributed by atoms with E-state index in [-0.39, 0.29) is 19.1 Å². The summed E-state index contributed by atoms with van der Waals surface area (Å²) in [6.07, 6.45) is 0. The molecule has 2 aromatic carbocycles. The molecule has 5 nitrogen and oxygen atoms in total. The van der Waals surface area contributed by atoms with Gasteiger partial charge in [0.15, 0.2) is 0 Å². The Kier molecular flexibility index (Phi) is 7.29. The van der Waals surface area contributed by atoms with Crippen LogP contribution in [0.25, 0.3) is 0 Å². The molecule has 0 radical (unpaired) electrons. The number of aliphatic hydroxyl groups is 1. The topological polar surface area (TPSA) is 64.6 Å². The normalized spacial score (nSPS) is 10.4. The maximum Gasteiger partial charge on any atom is 0.251 e. The molecular weight excluding hydrogens is 314 g/mol. The van der Waals surface area contributed by atoms with Gasteiger partial charge in [-0.05, 0) is 49.7 Å². The first kappa shape index (κ1) is 18.8. The minimum Gasteiger partial charge on any atom is -0.395 e. The second kappa shape index (κ2) is 9.69. The van der Waals surface area contributed by atoms with Crippen LogP contribution in [0.15, 0.2) is 48.5 Å². The van der Waals surface area contributed by atoms with E-state index in [1.165, 1.54) is 11.3 Å². The molecule has 25 heavy (non-hydrogen) atoms. The number of carbonyl (C=O) groups is 1. The minimum atomic E-state index is -0.179. The van der Waals surface area contributed by atoms with Gasteiger partial charge in [-0.2, -0.15) is 0 Å². The summed E-state index contributed by atoms with van der Waals surface area (Å²) in [5, 5.41) is 14.8. The first-order valence-corrected chi connectivity index (χ1v) is 8.74. The summed E-state index contributed by atoms with van der Waals surface area (Å²) in [5.41, 5.74) is 3.89. The lowest BCUT2D eigenvalue weighted by Gasteiger charge is -2.21. The molecule has 0 unspecified atom stereocenters. The van der Waals surface area contributed by atoms with Gasteiger partial charge < -0.3 is 20.6 Å². The first-order valence-electron chi connectivity index (χ1n) is 8.74. The zero-order valence-electron chi connectivity index (χ0n) is 15.0. The van der Waals surface area contributed by atoms with Gasteiger partial charge >= 0.3 is 0 Å². The molecule has 5 heteroatoms. The highest BCUT2D eigenvalue weighted by Crippen LogP contribution is 2.17. The van der Waals surface area contributed by atoms with Gasteiger partial charge in [-0.3, -0.25) is 4.79 Å². The predicted octanol–water partition coefficient (Wildman–Crippen LogP) is 2.87. The number of hydrogen-bond donors (Lipinski definition) is 3. The van der Waals surface area contributed by atoms with Crippen molar-refractivity contribution >= 4 is 17.3 Å². The molecule has 1 amide bonds. The third-order valence-corrected chi connectivity index (χ3v) is 4.08. The zero-order valence-corrected chi connectivity index (χ0v) is 15.0. The Morgan fingerprint density at radius 2 is 1.80 bits per heavy atom. The largest absolute Gasteiger partial charge is 0.395 e. The fraction of sp³-hybridized carbons (Fsp3) is 0.350. The number of nitrogens with one attached hydrogen (secondary N) is 2. The summed E-state index contributed by atoms with van der Waals surface area (Å²) < 4.78 is 0. The average molecular weight is 341 g/mol. The Morgan fingerprint density at radius 1 is 1.08 bits per heavy atom. The number of aliphatic hydroxyl groups excluding tert-OH is 1. The Labute approximate surface area is 149 Å². The predicted molar refractivity (Wildman–Crippen MR) is 103 cm³/mol. The van der Waals surface area contributed by atoms with E-state index in [4.69, 9.17) is 5.11 Å². The lowest BCUT2D eigenvalue weighted by Crippen LogP contribution is -2.26. The molecule has 0 saturated heterocycles. The van der Waals surface area contributed by atoms with Crippen LogP contribution in [0.4, 0.5) is 11.4 Å². The van der Waals surface area contributed by atoms with Crippen LogP contribution in [0.5, 0.6) is 0 Å². The maximum absolute atomic E-state index is 11.9. The van der Waals surface area contributed by atoms with Gasteiger partial charge in [0, 0.05) is 43.1 Å². The van der Waals surface area contributed by atoms with E-state index < -0.39 is 0 Å². The molecule has 0 fully saturated rings. The Hall–Kier alpha value is -2.53. The second-order valence-corrected chi connectivity index (χ2v) is 5.75. The summed E-state index contributed by atoms with van der Waals surface area (Å²) >= 11 is 0. The zero-order chi connectivity index (χ0) is 18.1. The molecule has 0 aliphatic carbocycles. The SMILES string of the molecule is CCN(CC)c1ccc(CNc2cccc(C(=O)NCCO)c2)cc1. The van der Waals surface area contributed by atoms with Crippen molar-refractivity contribution in [1.82, 2.24) is 5.32 Å². The third-order valence-electron chi connectivity index (χ3n) is 4.08. The van der Waals surface area contributed by atoms with Gasteiger partial charge in [-0.15, -0.1) is 0 Å². The summed E-state index contributed by atoms with van der Waals surface area (Å²) in [6.45, 7) is 7.20. The number of hydrogen-bond acceptors (Lipinski definition) is 4. The molecule has 0 spiro atoms. The van der Waals surface area contributed by atoms with Crippen molar-refractivity contribution in [2.75, 3.05) is 36.5 Å². The molecular formula is C20H27N3O2. The molecule has 0 saturated carbocycles. The summed E-state index contributed by atoms with van der Waals surface area (Å²) in [7, 11) is 0. The monoisotopic (exact) mass is 341 g/mol. The van der Waals surface area contributed by atoms with Gasteiger partial charge in [-0.25, -0.2) is 0 Å². The summed E-state index contributed by atoms with van der Waals surface area (Å²) in [5.74, 6) is -0.179. The van der Waals surface area contributed by atoms with E-state index in [2.05, 4.69) is 53.6 Å². The number of nitrogens with zero attached hydrogens (tertiary/aromatic N) is 1. The molecule has 0 heterocycles. The van der Waals surface area contributed by atoms with Gasteiger partial charge in [0.25, 0.3) is 5.91 Å². The van der Waals surface area contributed by atoms with E-state index in [0.29, 0.717) is 12.1 Å². The Bertz CT molecular complexity index is 667. The molecule has 0 atom stereocenters. The van der Waals surface area contributed by atoms with Crippen molar-refractivity contribution in [3.8, 4) is 0 Å². The number of anilines is 2. The van der Waals surface area contributed by atoms with Crippen molar-refractivity contribution in [1.29, 1.82) is 0 Å². The molecule has 3 N–H and O–H groups in total. The van der Waals surface area contributed by atoms with E-state index in [0.717, 1.165) is 18.8 Å². The highest BCUT2D eigenvalue weighted by Gasteiger charge is 2.05. The maximum atomic E-state index is 11.9. The average Bonchev–Trinajstić information content (AvgIpc) is 2.66. The Balaban J connectivity index is 1.96. The van der Waals surface area contributed by atoms with Gasteiger partial charge in [-0.1, -0.05) is 18.2 Å². The van der Waals surface area contributed by atoms with Crippen LogP contribution in [-0.2, 0) is 6.54 Å². The van der Waals surface area contributed by atoms with E-state index in [9.17, 15) is 4.79 Å². The lowest BCUT2D eigenvalue weighted by atomic mass is 10.1. The minimum absolute atomic E-state index is 0.0623. The molecule has 0 aromatic heterocycles. The third kappa shape index (κ3) is 5.50. The van der Waals surface area contributed by atoms with E-state index >= 15 is 0 Å². The first-order chi connectivity index (χ1) is 12.2. The van der Waals surface area contributed by atoms with Crippen LogP contribution in [0.2, 0.25) is 0 Å². The van der Waals surface area contributed by atoms with Crippen molar-refractivity contribution in [3.05, 3.63) is 59.7 Å². The highest BCUT2D eigenvalue weighted by atomic mass is 16.3. The van der Waals surface area contributed by atoms with Gasteiger partial charge in [0.1, 0.15) is 0 Å². The van der Waals surface area contributed by atoms with Gasteiger partial charge in [0.2, 0.25) is 0 Å². The highest BCUT2D eigenvalue weighted by molar-refractivity contribution is 5.95. The molecule has 0 aliphatic rings. The van der Waals surface area contributed by atoms with Crippen molar-refractivity contribution in [2.45, 2.75) is 20.4 Å². The van der Waals surface area contributed by atoms with Crippen LogP contribution in [0.3, 0.4) is 0 Å². The number of amides is 1. The Morgan fingerprint density at radius 3 is 2.44 bits per heavy atom. The van der Waals surface area contributed by atoms with Crippen LogP contribution in [0, 0.1) is 0 Å². The van der Waals surface area contributed by atoms with Crippen LogP contribution < -0.4 is 15.5 Å².